The summed E-state index contributed by atoms with van der Waals surface area (Å²) in [6, 6.07) is 4.82. The Morgan fingerprint density at radius 3 is 2.84 bits per heavy atom. The molecule has 0 bridgehead atoms. The zero-order valence-electron chi connectivity index (χ0n) is 10.8. The van der Waals surface area contributed by atoms with E-state index < -0.39 is 0 Å². The van der Waals surface area contributed by atoms with Gasteiger partial charge in [0.15, 0.2) is 5.82 Å². The summed E-state index contributed by atoms with van der Waals surface area (Å²) in [6.45, 7) is 4.00. The second-order valence-corrected chi connectivity index (χ2v) is 3.96. The number of halogens is 1. The van der Waals surface area contributed by atoms with Crippen molar-refractivity contribution >= 4 is 17.2 Å². The second kappa shape index (κ2) is 5.51. The summed E-state index contributed by atoms with van der Waals surface area (Å²) in [5, 5.41) is 2.94. The number of anilines is 3. The molecule has 0 spiro atoms. The summed E-state index contributed by atoms with van der Waals surface area (Å²) in [5.74, 6) is 0.414. The highest BCUT2D eigenvalue weighted by Gasteiger charge is 2.09. The first kappa shape index (κ1) is 13.1. The number of nitrogens with zero attached hydrogens (tertiary/aromatic N) is 2. The number of aromatic nitrogens is 2. The van der Waals surface area contributed by atoms with E-state index in [0.29, 0.717) is 35.2 Å². The first-order valence-corrected chi connectivity index (χ1v) is 5.88. The molecule has 100 valence electrons. The number of hydrogen-bond acceptors (Lipinski definition) is 5. The number of hydrogen-bond donors (Lipinski definition) is 2. The lowest BCUT2D eigenvalue weighted by atomic mass is 10.2. The molecule has 0 aliphatic rings. The Morgan fingerprint density at radius 2 is 2.16 bits per heavy atom. The fraction of sp³-hybridized carbons (Fsp3) is 0.231. The van der Waals surface area contributed by atoms with Gasteiger partial charge in [0.05, 0.1) is 6.61 Å². The molecule has 0 unspecified atom stereocenters. The molecule has 0 radical (unpaired) electrons. The van der Waals surface area contributed by atoms with Gasteiger partial charge in [-0.25, -0.2) is 9.37 Å². The van der Waals surface area contributed by atoms with Gasteiger partial charge in [-0.05, 0) is 31.5 Å². The van der Waals surface area contributed by atoms with Gasteiger partial charge < -0.3 is 15.8 Å². The van der Waals surface area contributed by atoms with Crippen LogP contribution in [0.3, 0.4) is 0 Å². The van der Waals surface area contributed by atoms with Crippen molar-refractivity contribution in [2.24, 2.45) is 0 Å². The van der Waals surface area contributed by atoms with Gasteiger partial charge in [0.25, 0.3) is 0 Å². The molecule has 3 N–H and O–H groups in total. The molecule has 5 nitrogen and oxygen atoms in total. The third kappa shape index (κ3) is 2.90. The van der Waals surface area contributed by atoms with E-state index in [2.05, 4.69) is 15.3 Å². The number of nitrogens with one attached hydrogen (secondary N) is 1. The average Bonchev–Trinajstić information content (AvgIpc) is 2.39. The predicted molar refractivity (Wildman–Crippen MR) is 72.0 cm³/mol. The van der Waals surface area contributed by atoms with Gasteiger partial charge in [-0.2, -0.15) is 4.98 Å². The van der Waals surface area contributed by atoms with Crippen molar-refractivity contribution in [1.82, 2.24) is 9.97 Å². The monoisotopic (exact) mass is 262 g/mol. The van der Waals surface area contributed by atoms with Crippen molar-refractivity contribution in [3.05, 3.63) is 35.9 Å². The average molecular weight is 262 g/mol. The third-order valence-electron chi connectivity index (χ3n) is 2.56. The van der Waals surface area contributed by atoms with Crippen molar-refractivity contribution in [2.75, 3.05) is 17.7 Å². The Labute approximate surface area is 110 Å². The van der Waals surface area contributed by atoms with Crippen LogP contribution in [-0.4, -0.2) is 16.6 Å². The van der Waals surface area contributed by atoms with E-state index in [4.69, 9.17) is 10.5 Å². The topological polar surface area (TPSA) is 73.1 Å². The number of aryl methyl sites for hydroxylation is 1. The SMILES string of the molecule is CCOc1ncnc(Nc2ccc(C)c(F)c2)c1N. The van der Waals surface area contributed by atoms with E-state index in [1.54, 1.807) is 19.1 Å². The Morgan fingerprint density at radius 1 is 1.37 bits per heavy atom. The number of nitrogen functional groups attached to an aromatic ring is 1. The first-order chi connectivity index (χ1) is 9.11. The van der Waals surface area contributed by atoms with Crippen molar-refractivity contribution in [3.8, 4) is 5.88 Å². The summed E-state index contributed by atoms with van der Waals surface area (Å²) in [6.07, 6.45) is 1.34. The fourth-order valence-electron chi connectivity index (χ4n) is 1.54. The van der Waals surface area contributed by atoms with E-state index >= 15 is 0 Å². The summed E-state index contributed by atoms with van der Waals surface area (Å²) >= 11 is 0. The van der Waals surface area contributed by atoms with Gasteiger partial charge in [-0.1, -0.05) is 6.07 Å². The van der Waals surface area contributed by atoms with Crippen molar-refractivity contribution in [2.45, 2.75) is 13.8 Å². The minimum Gasteiger partial charge on any atom is -0.476 e. The van der Waals surface area contributed by atoms with Crippen molar-refractivity contribution in [1.29, 1.82) is 0 Å². The molecule has 19 heavy (non-hydrogen) atoms. The van der Waals surface area contributed by atoms with E-state index in [9.17, 15) is 4.39 Å². The molecule has 0 saturated heterocycles. The molecule has 0 saturated carbocycles. The summed E-state index contributed by atoms with van der Waals surface area (Å²) < 4.78 is 18.7. The second-order valence-electron chi connectivity index (χ2n) is 3.96. The molecule has 1 aromatic heterocycles. The Bertz CT molecular complexity index is 589. The Hall–Kier alpha value is -2.37. The van der Waals surface area contributed by atoms with Crippen LogP contribution in [-0.2, 0) is 0 Å². The minimum absolute atomic E-state index is 0.289. The van der Waals surface area contributed by atoms with Gasteiger partial charge in [0, 0.05) is 5.69 Å². The third-order valence-corrected chi connectivity index (χ3v) is 2.56. The molecule has 2 rings (SSSR count). The molecule has 0 amide bonds. The molecule has 0 aliphatic carbocycles. The van der Waals surface area contributed by atoms with Gasteiger partial charge in [0.1, 0.15) is 17.8 Å². The first-order valence-electron chi connectivity index (χ1n) is 5.88. The lowest BCUT2D eigenvalue weighted by Gasteiger charge is -2.11. The molecule has 0 aliphatic heterocycles. The summed E-state index contributed by atoms with van der Waals surface area (Å²) in [4.78, 5) is 7.95. The zero-order valence-corrected chi connectivity index (χ0v) is 10.8. The quantitative estimate of drug-likeness (QED) is 0.886. The highest BCUT2D eigenvalue weighted by atomic mass is 19.1. The Balaban J connectivity index is 2.27. The van der Waals surface area contributed by atoms with Crippen LogP contribution in [0.1, 0.15) is 12.5 Å². The molecular formula is C13H15FN4O. The number of rotatable bonds is 4. The van der Waals surface area contributed by atoms with E-state index in [1.165, 1.54) is 12.4 Å². The van der Waals surface area contributed by atoms with Crippen LogP contribution in [0.25, 0.3) is 0 Å². The lowest BCUT2D eigenvalue weighted by Crippen LogP contribution is -2.05. The van der Waals surface area contributed by atoms with Crippen molar-refractivity contribution < 1.29 is 9.13 Å². The summed E-state index contributed by atoms with van der Waals surface area (Å²) in [7, 11) is 0. The van der Waals surface area contributed by atoms with Gasteiger partial charge in [-0.15, -0.1) is 0 Å². The molecule has 0 fully saturated rings. The minimum atomic E-state index is -0.289. The smallest absolute Gasteiger partial charge is 0.242 e. The number of nitrogens with two attached hydrogens (primary N) is 1. The maximum absolute atomic E-state index is 13.5. The van der Waals surface area contributed by atoms with Crippen LogP contribution in [0.2, 0.25) is 0 Å². The van der Waals surface area contributed by atoms with Crippen LogP contribution in [0.4, 0.5) is 21.6 Å². The molecule has 2 aromatic rings. The normalized spacial score (nSPS) is 10.3. The molecule has 1 heterocycles. The highest BCUT2D eigenvalue weighted by molar-refractivity contribution is 5.72. The van der Waals surface area contributed by atoms with Gasteiger partial charge in [0.2, 0.25) is 5.88 Å². The van der Waals surface area contributed by atoms with Crippen LogP contribution < -0.4 is 15.8 Å². The number of benzene rings is 1. The molecule has 6 heteroatoms. The molecule has 0 atom stereocenters. The number of ether oxygens (including phenoxy) is 1. The maximum Gasteiger partial charge on any atom is 0.242 e. The molecular weight excluding hydrogens is 247 g/mol. The molecule has 1 aromatic carbocycles. The lowest BCUT2D eigenvalue weighted by molar-refractivity contribution is 0.328. The fourth-order valence-corrected chi connectivity index (χ4v) is 1.54. The van der Waals surface area contributed by atoms with Gasteiger partial charge in [-0.3, -0.25) is 0 Å². The van der Waals surface area contributed by atoms with Crippen LogP contribution in [0.5, 0.6) is 5.88 Å². The predicted octanol–water partition coefficient (Wildman–Crippen LogP) is 2.65. The van der Waals surface area contributed by atoms with Crippen LogP contribution in [0, 0.1) is 12.7 Å². The van der Waals surface area contributed by atoms with Crippen LogP contribution >= 0.6 is 0 Å². The van der Waals surface area contributed by atoms with Crippen LogP contribution in [0.15, 0.2) is 24.5 Å². The highest BCUT2D eigenvalue weighted by Crippen LogP contribution is 2.27. The standard InChI is InChI=1S/C13H15FN4O/c1-3-19-13-11(15)12(16-7-17-13)18-9-5-4-8(2)10(14)6-9/h4-7H,3,15H2,1-2H3,(H,16,17,18). The maximum atomic E-state index is 13.5. The largest absolute Gasteiger partial charge is 0.476 e. The Kier molecular flexibility index (Phi) is 3.79. The van der Waals surface area contributed by atoms with E-state index in [1.807, 2.05) is 6.92 Å². The van der Waals surface area contributed by atoms with Crippen molar-refractivity contribution in [3.63, 3.8) is 0 Å². The van der Waals surface area contributed by atoms with E-state index in [0.717, 1.165) is 0 Å². The summed E-state index contributed by atoms with van der Waals surface area (Å²) in [5.41, 5.74) is 7.32. The van der Waals surface area contributed by atoms with E-state index in [-0.39, 0.29) is 5.82 Å². The zero-order chi connectivity index (χ0) is 13.8. The van der Waals surface area contributed by atoms with Gasteiger partial charge >= 0.3 is 0 Å².